The van der Waals surface area contributed by atoms with Crippen LogP contribution in [0.5, 0.6) is 0 Å². The van der Waals surface area contributed by atoms with Gasteiger partial charge in [-0.1, -0.05) is 19.9 Å². The maximum atomic E-state index is 14.6. The highest BCUT2D eigenvalue weighted by Crippen LogP contribution is 2.17. The second-order valence-corrected chi connectivity index (χ2v) is 7.54. The van der Waals surface area contributed by atoms with Crippen LogP contribution >= 0.6 is 24.0 Å². The molecule has 0 saturated heterocycles. The molecule has 174 valence electrons. The zero-order valence-electron chi connectivity index (χ0n) is 19.5. The minimum Gasteiger partial charge on any atom is -0.357 e. The SMILES string of the molecule is CCNC(=NCc1ccc(-n2ccnc2C)c(F)c1)NC(C)CCCN(CC)CC.I. The maximum Gasteiger partial charge on any atom is 0.191 e. The number of aliphatic imine (C=N–C) groups is 1. The van der Waals surface area contributed by atoms with Gasteiger partial charge in [-0.15, -0.1) is 24.0 Å². The predicted molar refractivity (Wildman–Crippen MR) is 138 cm³/mol. The van der Waals surface area contributed by atoms with Crippen LogP contribution in [-0.4, -0.2) is 52.6 Å². The van der Waals surface area contributed by atoms with Crippen molar-refractivity contribution in [1.29, 1.82) is 0 Å². The minimum absolute atomic E-state index is 0. The summed E-state index contributed by atoms with van der Waals surface area (Å²) in [6, 6.07) is 5.57. The highest BCUT2D eigenvalue weighted by atomic mass is 127. The van der Waals surface area contributed by atoms with Crippen molar-refractivity contribution in [3.8, 4) is 5.69 Å². The van der Waals surface area contributed by atoms with Crippen molar-refractivity contribution in [3.05, 3.63) is 47.8 Å². The summed E-state index contributed by atoms with van der Waals surface area (Å²) in [4.78, 5) is 11.2. The lowest BCUT2D eigenvalue weighted by Crippen LogP contribution is -2.42. The molecule has 2 rings (SSSR count). The Kier molecular flexibility index (Phi) is 12.7. The largest absolute Gasteiger partial charge is 0.357 e. The quantitative estimate of drug-likeness (QED) is 0.249. The van der Waals surface area contributed by atoms with Crippen molar-refractivity contribution in [2.24, 2.45) is 4.99 Å². The average Bonchev–Trinajstić information content (AvgIpc) is 3.15. The smallest absolute Gasteiger partial charge is 0.191 e. The van der Waals surface area contributed by atoms with Crippen molar-refractivity contribution in [1.82, 2.24) is 25.1 Å². The zero-order chi connectivity index (χ0) is 21.9. The zero-order valence-corrected chi connectivity index (χ0v) is 21.8. The lowest BCUT2D eigenvalue weighted by atomic mass is 10.1. The van der Waals surface area contributed by atoms with Gasteiger partial charge in [-0.05, 0) is 70.9 Å². The van der Waals surface area contributed by atoms with Gasteiger partial charge in [-0.25, -0.2) is 14.4 Å². The van der Waals surface area contributed by atoms with Crippen LogP contribution in [0.15, 0.2) is 35.6 Å². The third kappa shape index (κ3) is 8.76. The Morgan fingerprint density at radius 3 is 2.58 bits per heavy atom. The number of rotatable bonds is 11. The molecule has 0 radical (unpaired) electrons. The molecule has 0 fully saturated rings. The summed E-state index contributed by atoms with van der Waals surface area (Å²) in [7, 11) is 0. The Labute approximate surface area is 203 Å². The molecule has 1 aromatic carbocycles. The highest BCUT2D eigenvalue weighted by Gasteiger charge is 2.09. The summed E-state index contributed by atoms with van der Waals surface area (Å²) in [5.41, 5.74) is 1.34. The molecule has 6 nitrogen and oxygen atoms in total. The normalized spacial score (nSPS) is 12.5. The number of imidazole rings is 1. The molecule has 2 aromatic rings. The molecule has 8 heteroatoms. The standard InChI is InChI=1S/C23H37FN6.HI/c1-6-25-23(28-18(4)10-9-14-29(7-2)8-3)27-17-20-11-12-22(21(24)16-20)30-15-13-26-19(30)5;/h11-13,15-16,18H,6-10,14,17H2,1-5H3,(H2,25,27,28);1H. The first-order valence-corrected chi connectivity index (χ1v) is 11.0. The van der Waals surface area contributed by atoms with E-state index in [-0.39, 0.29) is 29.8 Å². The Balaban J connectivity index is 0.00000480. The molecule has 0 aliphatic rings. The van der Waals surface area contributed by atoms with Crippen molar-refractivity contribution in [3.63, 3.8) is 0 Å². The van der Waals surface area contributed by atoms with Gasteiger partial charge in [0.25, 0.3) is 0 Å². The molecule has 0 amide bonds. The molecule has 0 aliphatic carbocycles. The van der Waals surface area contributed by atoms with Gasteiger partial charge < -0.3 is 20.1 Å². The van der Waals surface area contributed by atoms with Gasteiger partial charge in [0.15, 0.2) is 5.96 Å². The van der Waals surface area contributed by atoms with E-state index < -0.39 is 0 Å². The number of hydrogen-bond acceptors (Lipinski definition) is 3. The van der Waals surface area contributed by atoms with Crippen LogP contribution in [0, 0.1) is 12.7 Å². The van der Waals surface area contributed by atoms with E-state index in [1.807, 2.05) is 19.9 Å². The molecule has 0 saturated carbocycles. The van der Waals surface area contributed by atoms with E-state index in [2.05, 4.69) is 46.3 Å². The fourth-order valence-corrected chi connectivity index (χ4v) is 3.43. The van der Waals surface area contributed by atoms with Crippen molar-refractivity contribution in [2.75, 3.05) is 26.2 Å². The summed E-state index contributed by atoms with van der Waals surface area (Å²) in [5.74, 6) is 1.25. The van der Waals surface area contributed by atoms with E-state index in [4.69, 9.17) is 0 Å². The molecule has 0 spiro atoms. The van der Waals surface area contributed by atoms with Gasteiger partial charge in [0, 0.05) is 25.0 Å². The first-order chi connectivity index (χ1) is 14.5. The van der Waals surface area contributed by atoms with E-state index in [1.165, 1.54) is 0 Å². The maximum absolute atomic E-state index is 14.6. The average molecular weight is 545 g/mol. The fourth-order valence-electron chi connectivity index (χ4n) is 3.43. The van der Waals surface area contributed by atoms with E-state index in [9.17, 15) is 4.39 Å². The van der Waals surface area contributed by atoms with E-state index in [0.717, 1.165) is 56.4 Å². The number of aromatic nitrogens is 2. The van der Waals surface area contributed by atoms with E-state index >= 15 is 0 Å². The summed E-state index contributed by atoms with van der Waals surface area (Å²) < 4.78 is 16.4. The van der Waals surface area contributed by atoms with Crippen LogP contribution in [0.2, 0.25) is 0 Å². The van der Waals surface area contributed by atoms with E-state index in [0.29, 0.717) is 18.3 Å². The van der Waals surface area contributed by atoms with Crippen molar-refractivity contribution >= 4 is 29.9 Å². The molecule has 1 aromatic heterocycles. The molecular formula is C23H38FIN6. The lowest BCUT2D eigenvalue weighted by molar-refractivity contribution is 0.292. The van der Waals surface area contributed by atoms with Crippen LogP contribution in [0.25, 0.3) is 5.69 Å². The van der Waals surface area contributed by atoms with Gasteiger partial charge in [-0.3, -0.25) is 0 Å². The van der Waals surface area contributed by atoms with Crippen molar-refractivity contribution < 1.29 is 4.39 Å². The topological polar surface area (TPSA) is 57.5 Å². The Hall–Kier alpha value is -1.68. The third-order valence-corrected chi connectivity index (χ3v) is 5.25. The van der Waals surface area contributed by atoms with Gasteiger partial charge in [0.2, 0.25) is 0 Å². The summed E-state index contributed by atoms with van der Waals surface area (Å²) in [6.45, 7) is 15.0. The number of halogens is 2. The molecule has 1 atom stereocenters. The van der Waals surface area contributed by atoms with Crippen LogP contribution in [0.4, 0.5) is 4.39 Å². The number of aryl methyl sites for hydroxylation is 1. The van der Waals surface area contributed by atoms with Crippen LogP contribution in [0.1, 0.15) is 51.9 Å². The Bertz CT molecular complexity index is 803. The lowest BCUT2D eigenvalue weighted by Gasteiger charge is -2.21. The van der Waals surface area contributed by atoms with Crippen LogP contribution < -0.4 is 10.6 Å². The number of hydrogen-bond donors (Lipinski definition) is 2. The van der Waals surface area contributed by atoms with Gasteiger partial charge >= 0.3 is 0 Å². The summed E-state index contributed by atoms with van der Waals surface area (Å²) >= 11 is 0. The molecule has 0 bridgehead atoms. The second-order valence-electron chi connectivity index (χ2n) is 7.54. The summed E-state index contributed by atoms with van der Waals surface area (Å²) in [6.07, 6.45) is 5.66. The molecule has 0 aliphatic heterocycles. The van der Waals surface area contributed by atoms with Gasteiger partial charge in [0.1, 0.15) is 11.6 Å². The molecule has 2 N–H and O–H groups in total. The number of nitrogens with one attached hydrogen (secondary N) is 2. The minimum atomic E-state index is -0.272. The summed E-state index contributed by atoms with van der Waals surface area (Å²) in [5, 5.41) is 6.75. The third-order valence-electron chi connectivity index (χ3n) is 5.25. The fraction of sp³-hybridized carbons (Fsp3) is 0.565. The first-order valence-electron chi connectivity index (χ1n) is 11.0. The number of nitrogens with zero attached hydrogens (tertiary/aromatic N) is 4. The van der Waals surface area contributed by atoms with Crippen LogP contribution in [-0.2, 0) is 6.54 Å². The molecule has 31 heavy (non-hydrogen) atoms. The van der Waals surface area contributed by atoms with E-state index in [1.54, 1.807) is 29.1 Å². The molecular weight excluding hydrogens is 506 g/mol. The highest BCUT2D eigenvalue weighted by molar-refractivity contribution is 14.0. The van der Waals surface area contributed by atoms with Crippen LogP contribution in [0.3, 0.4) is 0 Å². The van der Waals surface area contributed by atoms with Gasteiger partial charge in [0.05, 0.1) is 12.2 Å². The first kappa shape index (κ1) is 27.4. The predicted octanol–water partition coefficient (Wildman–Crippen LogP) is 4.50. The van der Waals surface area contributed by atoms with Gasteiger partial charge in [-0.2, -0.15) is 0 Å². The molecule has 1 unspecified atom stereocenters. The Morgan fingerprint density at radius 1 is 1.26 bits per heavy atom. The monoisotopic (exact) mass is 544 g/mol. The number of guanidine groups is 1. The van der Waals surface area contributed by atoms with Crippen molar-refractivity contribution in [2.45, 2.75) is 60.0 Å². The Morgan fingerprint density at radius 2 is 2.00 bits per heavy atom. The molecule has 1 heterocycles. The second kappa shape index (κ2) is 14.4. The number of benzene rings is 1.